The van der Waals surface area contributed by atoms with E-state index in [0.29, 0.717) is 12.5 Å². The quantitative estimate of drug-likeness (QED) is 0.524. The molecule has 0 fully saturated rings. The number of fused-ring (bicyclic) bond motifs is 1. The second-order valence-electron chi connectivity index (χ2n) is 7.58. The minimum atomic E-state index is -0.916. The molecule has 3 aromatic carbocycles. The van der Waals surface area contributed by atoms with E-state index in [4.69, 9.17) is 0 Å². The first kappa shape index (κ1) is 21.5. The third-order valence-corrected chi connectivity index (χ3v) is 5.40. The van der Waals surface area contributed by atoms with Crippen LogP contribution in [0.4, 0.5) is 25.8 Å². The lowest BCUT2D eigenvalue weighted by Crippen LogP contribution is -2.26. The largest absolute Gasteiger partial charge is 0.352 e. The minimum Gasteiger partial charge on any atom is -0.352 e. The van der Waals surface area contributed by atoms with Crippen LogP contribution in [0.1, 0.15) is 28.8 Å². The summed E-state index contributed by atoms with van der Waals surface area (Å²) >= 11 is 0. The van der Waals surface area contributed by atoms with E-state index < -0.39 is 17.5 Å². The number of hydrogen-bond acceptors (Lipinski definition) is 3. The van der Waals surface area contributed by atoms with Gasteiger partial charge in [0.05, 0.1) is 16.9 Å². The van der Waals surface area contributed by atoms with Gasteiger partial charge in [-0.25, -0.2) is 8.78 Å². The molecule has 0 aliphatic carbocycles. The fraction of sp³-hybridized carbons (Fsp3) is 0.200. The maximum atomic E-state index is 13.7. The van der Waals surface area contributed by atoms with Crippen molar-refractivity contribution < 1.29 is 18.4 Å². The van der Waals surface area contributed by atoms with Crippen LogP contribution in [-0.4, -0.2) is 24.9 Å². The van der Waals surface area contributed by atoms with Crippen LogP contribution in [0, 0.1) is 11.6 Å². The molecule has 0 aromatic heterocycles. The predicted molar refractivity (Wildman–Crippen MR) is 120 cm³/mol. The highest BCUT2D eigenvalue weighted by Crippen LogP contribution is 2.38. The van der Waals surface area contributed by atoms with E-state index >= 15 is 0 Å². The van der Waals surface area contributed by atoms with E-state index in [2.05, 4.69) is 27.7 Å². The number of carbonyl (C=O) groups is 2. The van der Waals surface area contributed by atoms with Gasteiger partial charge >= 0.3 is 0 Å². The molecule has 0 saturated carbocycles. The molecule has 2 amide bonds. The summed E-state index contributed by atoms with van der Waals surface area (Å²) in [4.78, 5) is 26.7. The normalized spacial score (nSPS) is 12.4. The topological polar surface area (TPSA) is 61.4 Å². The SMILES string of the molecule is O=C(CCCNC(=O)c1ccc(F)cc1F)Nc1ccccc1N1CCc2ccccc21. The molecule has 5 nitrogen and oxygen atoms in total. The van der Waals surface area contributed by atoms with Crippen molar-refractivity contribution in [3.05, 3.63) is 89.5 Å². The molecule has 32 heavy (non-hydrogen) atoms. The van der Waals surface area contributed by atoms with Crippen molar-refractivity contribution in [2.24, 2.45) is 0 Å². The van der Waals surface area contributed by atoms with Gasteiger partial charge in [-0.3, -0.25) is 9.59 Å². The number of nitrogens with one attached hydrogen (secondary N) is 2. The molecule has 0 saturated heterocycles. The third-order valence-electron chi connectivity index (χ3n) is 5.40. The van der Waals surface area contributed by atoms with E-state index in [0.717, 1.165) is 42.2 Å². The van der Waals surface area contributed by atoms with Crippen molar-refractivity contribution in [3.8, 4) is 0 Å². The predicted octanol–water partition coefficient (Wildman–Crippen LogP) is 4.81. The Hall–Kier alpha value is -3.74. The Morgan fingerprint density at radius 2 is 1.69 bits per heavy atom. The molecule has 0 radical (unpaired) electrons. The zero-order chi connectivity index (χ0) is 22.5. The zero-order valence-electron chi connectivity index (χ0n) is 17.4. The molecule has 0 unspecified atom stereocenters. The lowest BCUT2D eigenvalue weighted by molar-refractivity contribution is -0.116. The summed E-state index contributed by atoms with van der Waals surface area (Å²) in [5.74, 6) is -2.47. The molecule has 1 heterocycles. The summed E-state index contributed by atoms with van der Waals surface area (Å²) < 4.78 is 26.6. The van der Waals surface area contributed by atoms with Gasteiger partial charge in [-0.2, -0.15) is 0 Å². The van der Waals surface area contributed by atoms with E-state index in [1.807, 2.05) is 36.4 Å². The maximum Gasteiger partial charge on any atom is 0.254 e. The number of para-hydroxylation sites is 3. The Bertz CT molecular complexity index is 1150. The van der Waals surface area contributed by atoms with Gasteiger partial charge in [-0.1, -0.05) is 30.3 Å². The Morgan fingerprint density at radius 1 is 0.938 bits per heavy atom. The molecule has 3 aromatic rings. The molecule has 0 bridgehead atoms. The number of amides is 2. The van der Waals surface area contributed by atoms with Gasteiger partial charge < -0.3 is 15.5 Å². The standard InChI is InChI=1S/C25H23F2N3O2/c26-18-11-12-19(20(27)16-18)25(32)28-14-5-10-24(31)29-21-7-2-4-9-23(21)30-15-13-17-6-1-3-8-22(17)30/h1-4,6-9,11-12,16H,5,10,13-15H2,(H,28,32)(H,29,31). The van der Waals surface area contributed by atoms with E-state index in [-0.39, 0.29) is 24.4 Å². The highest BCUT2D eigenvalue weighted by molar-refractivity contribution is 5.96. The van der Waals surface area contributed by atoms with Crippen LogP contribution in [-0.2, 0) is 11.2 Å². The van der Waals surface area contributed by atoms with Gasteiger partial charge in [0, 0.05) is 31.3 Å². The number of benzene rings is 3. The fourth-order valence-corrected chi connectivity index (χ4v) is 3.84. The van der Waals surface area contributed by atoms with Crippen molar-refractivity contribution in [1.29, 1.82) is 0 Å². The van der Waals surface area contributed by atoms with Crippen molar-refractivity contribution in [1.82, 2.24) is 5.32 Å². The number of nitrogens with zero attached hydrogens (tertiary/aromatic N) is 1. The van der Waals surface area contributed by atoms with Gasteiger partial charge in [-0.05, 0) is 48.7 Å². The van der Waals surface area contributed by atoms with Crippen LogP contribution < -0.4 is 15.5 Å². The maximum absolute atomic E-state index is 13.7. The average Bonchev–Trinajstić information content (AvgIpc) is 3.21. The molecule has 0 atom stereocenters. The van der Waals surface area contributed by atoms with E-state index in [1.54, 1.807) is 0 Å². The molecule has 7 heteroatoms. The summed E-state index contributed by atoms with van der Waals surface area (Å²) in [6.45, 7) is 1.04. The first-order valence-corrected chi connectivity index (χ1v) is 10.5. The number of carbonyl (C=O) groups excluding carboxylic acids is 2. The summed E-state index contributed by atoms with van der Waals surface area (Å²) in [7, 11) is 0. The molecule has 1 aliphatic rings. The number of hydrogen-bond donors (Lipinski definition) is 2. The zero-order valence-corrected chi connectivity index (χ0v) is 17.4. The Kier molecular flexibility index (Phi) is 6.44. The second-order valence-corrected chi connectivity index (χ2v) is 7.58. The van der Waals surface area contributed by atoms with Crippen LogP contribution in [0.25, 0.3) is 0 Å². The molecule has 2 N–H and O–H groups in total. The van der Waals surface area contributed by atoms with Gasteiger partial charge in [0.1, 0.15) is 11.6 Å². The van der Waals surface area contributed by atoms with Crippen LogP contribution in [0.3, 0.4) is 0 Å². The van der Waals surface area contributed by atoms with Crippen LogP contribution in [0.15, 0.2) is 66.7 Å². The van der Waals surface area contributed by atoms with E-state index in [9.17, 15) is 18.4 Å². The Balaban J connectivity index is 1.31. The lowest BCUT2D eigenvalue weighted by atomic mass is 10.1. The number of rotatable bonds is 7. The monoisotopic (exact) mass is 435 g/mol. The van der Waals surface area contributed by atoms with Gasteiger partial charge in [-0.15, -0.1) is 0 Å². The van der Waals surface area contributed by atoms with Gasteiger partial charge in [0.2, 0.25) is 5.91 Å². The smallest absolute Gasteiger partial charge is 0.254 e. The van der Waals surface area contributed by atoms with Crippen molar-refractivity contribution in [2.45, 2.75) is 19.3 Å². The van der Waals surface area contributed by atoms with Crippen LogP contribution >= 0.6 is 0 Å². The summed E-state index contributed by atoms with van der Waals surface area (Å²) in [5.41, 5.74) is 3.86. The summed E-state index contributed by atoms with van der Waals surface area (Å²) in [6.07, 6.45) is 1.53. The number of anilines is 3. The minimum absolute atomic E-state index is 0.174. The molecular weight excluding hydrogens is 412 g/mol. The highest BCUT2D eigenvalue weighted by Gasteiger charge is 2.22. The molecule has 1 aliphatic heterocycles. The number of halogens is 2. The molecular formula is C25H23F2N3O2. The highest BCUT2D eigenvalue weighted by atomic mass is 19.1. The fourth-order valence-electron chi connectivity index (χ4n) is 3.84. The van der Waals surface area contributed by atoms with E-state index in [1.165, 1.54) is 5.56 Å². The van der Waals surface area contributed by atoms with Gasteiger partial charge in [0.25, 0.3) is 5.91 Å². The van der Waals surface area contributed by atoms with Crippen LogP contribution in [0.5, 0.6) is 0 Å². The first-order chi connectivity index (χ1) is 15.5. The Morgan fingerprint density at radius 3 is 2.50 bits per heavy atom. The molecule has 0 spiro atoms. The first-order valence-electron chi connectivity index (χ1n) is 10.5. The van der Waals surface area contributed by atoms with Crippen molar-refractivity contribution in [3.63, 3.8) is 0 Å². The molecule has 164 valence electrons. The van der Waals surface area contributed by atoms with Gasteiger partial charge in [0.15, 0.2) is 0 Å². The molecule has 4 rings (SSSR count). The summed E-state index contributed by atoms with van der Waals surface area (Å²) in [6, 6.07) is 18.7. The summed E-state index contributed by atoms with van der Waals surface area (Å²) in [5, 5.41) is 5.51. The van der Waals surface area contributed by atoms with Crippen molar-refractivity contribution in [2.75, 3.05) is 23.3 Å². The lowest BCUT2D eigenvalue weighted by Gasteiger charge is -2.23. The third kappa shape index (κ3) is 4.77. The average molecular weight is 435 g/mol. The second kappa shape index (κ2) is 9.60. The van der Waals surface area contributed by atoms with Crippen LogP contribution in [0.2, 0.25) is 0 Å². The van der Waals surface area contributed by atoms with Crippen molar-refractivity contribution >= 4 is 28.9 Å². The Labute approximate surface area is 185 Å².